The first-order chi connectivity index (χ1) is 31.4. The van der Waals surface area contributed by atoms with Gasteiger partial charge in [-0.05, 0) is 77.0 Å². The Labute approximate surface area is 392 Å². The number of aliphatic hydroxyl groups is 4. The molecule has 0 aromatic rings. The zero-order valence-electron chi connectivity index (χ0n) is 41.0. The molecule has 1 heterocycles. The van der Waals surface area contributed by atoms with Crippen molar-refractivity contribution in [3.8, 4) is 0 Å². The van der Waals surface area contributed by atoms with Crippen LogP contribution < -0.4 is 0 Å². The molecule has 9 nitrogen and oxygen atoms in total. The van der Waals surface area contributed by atoms with Crippen LogP contribution in [0, 0.1) is 0 Å². The SMILES string of the molecule is CC/C=C\C/C=C\C/C=C\C/C=C\CCCCCCCCCCCCCCCOCC(COC1OC(CO)C(O)C(O)C1O)OC(=O)CCCCCCC/C=C\CCCCCCCC. The molecule has 1 saturated heterocycles. The summed E-state index contributed by atoms with van der Waals surface area (Å²) in [6, 6.07) is 0. The summed E-state index contributed by atoms with van der Waals surface area (Å²) in [5.41, 5.74) is 0. The van der Waals surface area contributed by atoms with Crippen molar-refractivity contribution >= 4 is 5.97 Å². The number of esters is 1. The van der Waals surface area contributed by atoms with Gasteiger partial charge in [-0.1, -0.05) is 197 Å². The van der Waals surface area contributed by atoms with Crippen molar-refractivity contribution in [3.05, 3.63) is 60.8 Å². The van der Waals surface area contributed by atoms with Crippen molar-refractivity contribution in [2.45, 2.75) is 256 Å². The number of hydrogen-bond donors (Lipinski definition) is 4. The Morgan fingerprint density at radius 1 is 0.516 bits per heavy atom. The molecule has 0 bridgehead atoms. The number of unbranched alkanes of at least 4 members (excludes halogenated alkanes) is 24. The summed E-state index contributed by atoms with van der Waals surface area (Å²) in [7, 11) is 0. The second-order valence-corrected chi connectivity index (χ2v) is 17.9. The van der Waals surface area contributed by atoms with Gasteiger partial charge in [0.15, 0.2) is 6.29 Å². The quantitative estimate of drug-likeness (QED) is 0.0268. The lowest BCUT2D eigenvalue weighted by atomic mass is 9.99. The second kappa shape index (κ2) is 46.0. The van der Waals surface area contributed by atoms with Gasteiger partial charge in [-0.25, -0.2) is 0 Å². The van der Waals surface area contributed by atoms with Gasteiger partial charge < -0.3 is 39.4 Å². The van der Waals surface area contributed by atoms with E-state index in [9.17, 15) is 25.2 Å². The zero-order valence-corrected chi connectivity index (χ0v) is 41.0. The number of ether oxygens (including phenoxy) is 4. The van der Waals surface area contributed by atoms with Gasteiger partial charge in [-0.15, -0.1) is 0 Å². The molecule has 6 atom stereocenters. The summed E-state index contributed by atoms with van der Waals surface area (Å²) in [5.74, 6) is -0.322. The molecular weight excluding hydrogens is 805 g/mol. The van der Waals surface area contributed by atoms with E-state index in [1.54, 1.807) is 0 Å². The molecule has 0 aromatic heterocycles. The molecular formula is C55H98O9. The third-order valence-corrected chi connectivity index (χ3v) is 11.9. The maximum absolute atomic E-state index is 12.8. The van der Waals surface area contributed by atoms with Crippen molar-refractivity contribution in [2.24, 2.45) is 0 Å². The molecule has 1 aliphatic heterocycles. The lowest BCUT2D eigenvalue weighted by molar-refractivity contribution is -0.305. The minimum Gasteiger partial charge on any atom is -0.457 e. The van der Waals surface area contributed by atoms with Crippen LogP contribution in [-0.4, -0.2) is 89.6 Å². The van der Waals surface area contributed by atoms with Crippen LogP contribution in [0.3, 0.4) is 0 Å². The zero-order chi connectivity index (χ0) is 46.4. The fourth-order valence-electron chi connectivity index (χ4n) is 7.83. The highest BCUT2D eigenvalue weighted by Gasteiger charge is 2.44. The van der Waals surface area contributed by atoms with Gasteiger partial charge in [0.2, 0.25) is 0 Å². The van der Waals surface area contributed by atoms with E-state index in [1.807, 2.05) is 0 Å². The minimum atomic E-state index is -1.54. The van der Waals surface area contributed by atoms with Gasteiger partial charge in [0.25, 0.3) is 0 Å². The number of carbonyl (C=O) groups is 1. The van der Waals surface area contributed by atoms with Crippen molar-refractivity contribution < 1.29 is 44.2 Å². The standard InChI is InChI=1S/C55H98O9/c1-3-5-7-9-11-13-15-17-19-20-21-22-23-24-25-26-27-28-29-31-33-35-37-39-41-43-45-61-47-49(48-62-55-54(60)53(59)52(58)50(46-56)64-55)63-51(57)44-42-40-38-36-34-32-30-18-16-14-12-10-8-6-4-2/h5,7,11,13,17-19,21-22,30,49-50,52-56,58-60H,3-4,6,8-10,12,14-16,20,23-29,31-48H2,1-2H3/b7-5-,13-11-,19-17-,22-21-,30-18-. The highest BCUT2D eigenvalue weighted by atomic mass is 16.7. The fourth-order valence-corrected chi connectivity index (χ4v) is 7.83. The summed E-state index contributed by atoms with van der Waals surface area (Å²) < 4.78 is 22.9. The lowest BCUT2D eigenvalue weighted by Gasteiger charge is -2.39. The van der Waals surface area contributed by atoms with E-state index in [0.29, 0.717) is 13.0 Å². The van der Waals surface area contributed by atoms with E-state index < -0.39 is 43.4 Å². The topological polar surface area (TPSA) is 135 Å². The van der Waals surface area contributed by atoms with E-state index in [-0.39, 0.29) is 19.2 Å². The summed E-state index contributed by atoms with van der Waals surface area (Å²) in [6.45, 7) is 4.44. The van der Waals surface area contributed by atoms with E-state index in [2.05, 4.69) is 74.6 Å². The molecule has 64 heavy (non-hydrogen) atoms. The largest absolute Gasteiger partial charge is 0.457 e. The molecule has 1 fully saturated rings. The minimum absolute atomic E-state index is 0.118. The average molecular weight is 903 g/mol. The predicted molar refractivity (Wildman–Crippen MR) is 265 cm³/mol. The molecule has 0 saturated carbocycles. The number of aliphatic hydroxyl groups excluding tert-OH is 4. The smallest absolute Gasteiger partial charge is 0.306 e. The van der Waals surface area contributed by atoms with Crippen LogP contribution in [-0.2, 0) is 23.7 Å². The number of rotatable bonds is 45. The normalized spacial score (nSPS) is 20.0. The Morgan fingerprint density at radius 2 is 0.953 bits per heavy atom. The van der Waals surface area contributed by atoms with Gasteiger partial charge in [0.05, 0.1) is 19.8 Å². The number of hydrogen-bond acceptors (Lipinski definition) is 9. The molecule has 1 aliphatic rings. The Hall–Kier alpha value is -2.11. The van der Waals surface area contributed by atoms with Crippen LogP contribution in [0.25, 0.3) is 0 Å². The fraction of sp³-hybridized carbons (Fsp3) is 0.800. The van der Waals surface area contributed by atoms with Crippen LogP contribution in [0.4, 0.5) is 0 Å². The second-order valence-electron chi connectivity index (χ2n) is 17.9. The van der Waals surface area contributed by atoms with Gasteiger partial charge in [-0.2, -0.15) is 0 Å². The van der Waals surface area contributed by atoms with Gasteiger partial charge in [0.1, 0.15) is 30.5 Å². The van der Waals surface area contributed by atoms with Gasteiger partial charge >= 0.3 is 5.97 Å². The average Bonchev–Trinajstić information content (AvgIpc) is 3.30. The third kappa shape index (κ3) is 36.1. The summed E-state index contributed by atoms with van der Waals surface area (Å²) in [4.78, 5) is 12.8. The highest BCUT2D eigenvalue weighted by molar-refractivity contribution is 5.69. The van der Waals surface area contributed by atoms with Crippen molar-refractivity contribution in [2.75, 3.05) is 26.4 Å². The summed E-state index contributed by atoms with van der Waals surface area (Å²) in [5, 5.41) is 40.2. The number of allylic oxidation sites excluding steroid dienone is 10. The molecule has 6 unspecified atom stereocenters. The van der Waals surface area contributed by atoms with Crippen LogP contribution in [0.15, 0.2) is 60.8 Å². The first-order valence-corrected chi connectivity index (χ1v) is 26.4. The first kappa shape index (κ1) is 59.9. The van der Waals surface area contributed by atoms with E-state index in [4.69, 9.17) is 18.9 Å². The molecule has 4 N–H and O–H groups in total. The molecule has 0 aliphatic carbocycles. The third-order valence-electron chi connectivity index (χ3n) is 11.9. The molecule has 0 aromatic carbocycles. The molecule has 1 rings (SSSR count). The van der Waals surface area contributed by atoms with Crippen LogP contribution in [0.5, 0.6) is 0 Å². The Kier molecular flexibility index (Phi) is 43.1. The predicted octanol–water partition coefficient (Wildman–Crippen LogP) is 13.0. The molecule has 0 amide bonds. The monoisotopic (exact) mass is 903 g/mol. The Bertz CT molecular complexity index is 1160. The number of carbonyl (C=O) groups excluding carboxylic acids is 1. The Balaban J connectivity index is 2.16. The van der Waals surface area contributed by atoms with Gasteiger partial charge in [0, 0.05) is 13.0 Å². The van der Waals surface area contributed by atoms with Crippen molar-refractivity contribution in [3.63, 3.8) is 0 Å². The van der Waals surface area contributed by atoms with E-state index >= 15 is 0 Å². The van der Waals surface area contributed by atoms with E-state index in [1.165, 1.54) is 128 Å². The van der Waals surface area contributed by atoms with E-state index in [0.717, 1.165) is 70.6 Å². The molecule has 372 valence electrons. The van der Waals surface area contributed by atoms with Crippen LogP contribution in [0.2, 0.25) is 0 Å². The maximum Gasteiger partial charge on any atom is 0.306 e. The van der Waals surface area contributed by atoms with Crippen molar-refractivity contribution in [1.82, 2.24) is 0 Å². The summed E-state index contributed by atoms with van der Waals surface area (Å²) >= 11 is 0. The molecule has 9 heteroatoms. The maximum atomic E-state index is 12.8. The molecule has 0 spiro atoms. The molecule has 0 radical (unpaired) electrons. The van der Waals surface area contributed by atoms with Crippen molar-refractivity contribution in [1.29, 1.82) is 0 Å². The van der Waals surface area contributed by atoms with Crippen LogP contribution in [0.1, 0.15) is 219 Å². The first-order valence-electron chi connectivity index (χ1n) is 26.4. The van der Waals surface area contributed by atoms with Gasteiger partial charge in [-0.3, -0.25) is 4.79 Å². The Morgan fingerprint density at radius 3 is 1.45 bits per heavy atom. The highest BCUT2D eigenvalue weighted by Crippen LogP contribution is 2.23. The lowest BCUT2D eigenvalue weighted by Crippen LogP contribution is -2.59. The summed E-state index contributed by atoms with van der Waals surface area (Å²) in [6.07, 6.45) is 52.6. The van der Waals surface area contributed by atoms with Crippen LogP contribution >= 0.6 is 0 Å².